The van der Waals surface area contributed by atoms with Crippen LogP contribution in [0.4, 0.5) is 5.69 Å². The Morgan fingerprint density at radius 3 is 2.37 bits per heavy atom. The smallest absolute Gasteiger partial charge is 0.227 e. The van der Waals surface area contributed by atoms with Crippen molar-refractivity contribution in [2.75, 3.05) is 0 Å². The van der Waals surface area contributed by atoms with Crippen LogP contribution >= 0.6 is 23.2 Å². The number of rotatable bonds is 4. The first-order chi connectivity index (χ1) is 14.7. The number of fused-ring (bicyclic) bond motifs is 1. The Balaban J connectivity index is 1.33. The maximum absolute atomic E-state index is 6.08. The number of para-hydroxylation sites is 2. The predicted octanol–water partition coefficient (Wildman–Crippen LogP) is 7.81. The molecule has 0 bridgehead atoms. The van der Waals surface area contributed by atoms with Crippen molar-refractivity contribution in [1.29, 1.82) is 0 Å². The zero-order valence-electron chi connectivity index (χ0n) is 15.5. The Morgan fingerprint density at radius 1 is 0.767 bits per heavy atom. The predicted molar refractivity (Wildman–Crippen MR) is 121 cm³/mol. The topological polar surface area (TPSA) is 51.5 Å². The number of aliphatic imine (C=N–C) groups is 1. The fraction of sp³-hybridized carbons (Fsp3) is 0. The fourth-order valence-corrected chi connectivity index (χ4v) is 3.35. The molecule has 3 aromatic carbocycles. The van der Waals surface area contributed by atoms with Crippen LogP contribution in [-0.4, -0.2) is 11.2 Å². The van der Waals surface area contributed by atoms with Gasteiger partial charge in [0, 0.05) is 11.1 Å². The van der Waals surface area contributed by atoms with Crippen LogP contribution < -0.4 is 0 Å². The van der Waals surface area contributed by atoms with Crippen LogP contribution in [0.15, 0.2) is 92.7 Å². The molecule has 2 aromatic heterocycles. The first kappa shape index (κ1) is 18.7. The molecule has 0 aliphatic heterocycles. The van der Waals surface area contributed by atoms with Crippen molar-refractivity contribution in [3.05, 3.63) is 94.7 Å². The van der Waals surface area contributed by atoms with Gasteiger partial charge in [-0.1, -0.05) is 35.3 Å². The molecular weight excluding hydrogens is 419 g/mol. The van der Waals surface area contributed by atoms with Crippen LogP contribution in [-0.2, 0) is 0 Å². The van der Waals surface area contributed by atoms with Crippen LogP contribution in [0, 0.1) is 0 Å². The molecular formula is C24H14Cl2N2O2. The molecule has 0 spiro atoms. The number of oxazole rings is 1. The maximum Gasteiger partial charge on any atom is 0.227 e. The van der Waals surface area contributed by atoms with Crippen molar-refractivity contribution in [2.24, 2.45) is 4.99 Å². The molecule has 0 atom stereocenters. The lowest BCUT2D eigenvalue weighted by atomic mass is 10.2. The van der Waals surface area contributed by atoms with Gasteiger partial charge in [0.15, 0.2) is 5.58 Å². The molecule has 0 radical (unpaired) electrons. The third-order valence-corrected chi connectivity index (χ3v) is 5.32. The highest BCUT2D eigenvalue weighted by molar-refractivity contribution is 6.42. The molecule has 0 unspecified atom stereocenters. The van der Waals surface area contributed by atoms with Crippen LogP contribution in [0.2, 0.25) is 10.0 Å². The van der Waals surface area contributed by atoms with E-state index in [0.29, 0.717) is 27.5 Å². The molecule has 0 fully saturated rings. The summed E-state index contributed by atoms with van der Waals surface area (Å²) in [6, 6.07) is 24.5. The monoisotopic (exact) mass is 432 g/mol. The van der Waals surface area contributed by atoms with Crippen molar-refractivity contribution >= 4 is 46.2 Å². The average Bonchev–Trinajstić information content (AvgIpc) is 3.42. The fourth-order valence-electron chi connectivity index (χ4n) is 3.05. The molecule has 6 heteroatoms. The van der Waals surface area contributed by atoms with Gasteiger partial charge >= 0.3 is 0 Å². The van der Waals surface area contributed by atoms with Gasteiger partial charge in [-0.2, -0.15) is 0 Å². The number of halogens is 2. The number of hydrogen-bond acceptors (Lipinski definition) is 4. The first-order valence-electron chi connectivity index (χ1n) is 9.21. The van der Waals surface area contributed by atoms with Gasteiger partial charge in [0.2, 0.25) is 5.89 Å². The molecule has 0 saturated carbocycles. The van der Waals surface area contributed by atoms with E-state index < -0.39 is 0 Å². The highest BCUT2D eigenvalue weighted by Gasteiger charge is 2.08. The van der Waals surface area contributed by atoms with Crippen molar-refractivity contribution < 1.29 is 8.83 Å². The van der Waals surface area contributed by atoms with E-state index in [1.54, 1.807) is 18.3 Å². The van der Waals surface area contributed by atoms with Gasteiger partial charge in [-0.05, 0) is 66.7 Å². The molecule has 4 nitrogen and oxygen atoms in total. The van der Waals surface area contributed by atoms with Gasteiger partial charge in [-0.15, -0.1) is 0 Å². The Bertz CT molecular complexity index is 1330. The summed E-state index contributed by atoms with van der Waals surface area (Å²) in [5.41, 5.74) is 4.15. The quantitative estimate of drug-likeness (QED) is 0.272. The molecule has 0 aliphatic carbocycles. The third-order valence-electron chi connectivity index (χ3n) is 4.58. The van der Waals surface area contributed by atoms with Crippen LogP contribution in [0.1, 0.15) is 5.76 Å². The Labute approximate surface area is 182 Å². The summed E-state index contributed by atoms with van der Waals surface area (Å²) >= 11 is 12.0. The number of furan rings is 1. The standard InChI is InChI=1S/C24H14Cl2N2O2/c25-19-11-7-16(13-20(19)26)22-12-10-18(29-22)14-27-17-8-5-15(6-9-17)24-28-21-3-1-2-4-23(21)30-24/h1-14H. The molecule has 5 aromatic rings. The van der Waals surface area contributed by atoms with Gasteiger partial charge in [-0.25, -0.2) is 4.98 Å². The van der Waals surface area contributed by atoms with Crippen LogP contribution in [0.5, 0.6) is 0 Å². The van der Waals surface area contributed by atoms with Crippen molar-refractivity contribution in [3.63, 3.8) is 0 Å². The van der Waals surface area contributed by atoms with Crippen molar-refractivity contribution in [3.8, 4) is 22.8 Å². The Hall–Kier alpha value is -3.34. The lowest BCUT2D eigenvalue weighted by Gasteiger charge is -1.99. The van der Waals surface area contributed by atoms with Crippen molar-refractivity contribution in [2.45, 2.75) is 0 Å². The molecule has 0 N–H and O–H groups in total. The molecule has 0 saturated heterocycles. The molecule has 2 heterocycles. The summed E-state index contributed by atoms with van der Waals surface area (Å²) in [5.74, 6) is 1.92. The van der Waals surface area contributed by atoms with E-state index >= 15 is 0 Å². The van der Waals surface area contributed by atoms with E-state index in [1.807, 2.05) is 66.7 Å². The number of benzene rings is 3. The van der Waals surface area contributed by atoms with E-state index in [0.717, 1.165) is 27.9 Å². The lowest BCUT2D eigenvalue weighted by molar-refractivity contribution is 0.575. The third kappa shape index (κ3) is 3.75. The molecule has 5 rings (SSSR count). The maximum atomic E-state index is 6.08. The highest BCUT2D eigenvalue weighted by atomic mass is 35.5. The molecule has 0 amide bonds. The van der Waals surface area contributed by atoms with Crippen LogP contribution in [0.3, 0.4) is 0 Å². The lowest BCUT2D eigenvalue weighted by Crippen LogP contribution is -1.78. The van der Waals surface area contributed by atoms with E-state index in [-0.39, 0.29) is 0 Å². The second kappa shape index (κ2) is 7.82. The zero-order chi connectivity index (χ0) is 20.5. The summed E-state index contributed by atoms with van der Waals surface area (Å²) in [6.45, 7) is 0. The van der Waals surface area contributed by atoms with Crippen LogP contribution in [0.25, 0.3) is 33.9 Å². The van der Waals surface area contributed by atoms with Crippen molar-refractivity contribution in [1.82, 2.24) is 4.98 Å². The van der Waals surface area contributed by atoms with E-state index in [4.69, 9.17) is 32.0 Å². The highest BCUT2D eigenvalue weighted by Crippen LogP contribution is 2.30. The summed E-state index contributed by atoms with van der Waals surface area (Å²) in [5, 5.41) is 0.995. The summed E-state index contributed by atoms with van der Waals surface area (Å²) in [6.07, 6.45) is 1.68. The Kier molecular flexibility index (Phi) is 4.87. The number of hydrogen-bond donors (Lipinski definition) is 0. The first-order valence-corrected chi connectivity index (χ1v) is 9.97. The SMILES string of the molecule is Clc1ccc(-c2ccc(C=Nc3ccc(-c4nc5ccccc5o4)cc3)o2)cc1Cl. The molecule has 146 valence electrons. The van der Waals surface area contributed by atoms with Gasteiger partial charge < -0.3 is 8.83 Å². The minimum absolute atomic E-state index is 0.486. The number of nitrogens with zero attached hydrogens (tertiary/aromatic N) is 2. The number of aromatic nitrogens is 1. The van der Waals surface area contributed by atoms with Gasteiger partial charge in [0.1, 0.15) is 17.0 Å². The van der Waals surface area contributed by atoms with E-state index in [1.165, 1.54) is 0 Å². The van der Waals surface area contributed by atoms with E-state index in [9.17, 15) is 0 Å². The average molecular weight is 433 g/mol. The summed E-state index contributed by atoms with van der Waals surface area (Å²) in [7, 11) is 0. The van der Waals surface area contributed by atoms with Gasteiger partial charge in [-0.3, -0.25) is 4.99 Å². The molecule has 0 aliphatic rings. The normalized spacial score (nSPS) is 11.5. The largest absolute Gasteiger partial charge is 0.455 e. The second-order valence-electron chi connectivity index (χ2n) is 6.62. The van der Waals surface area contributed by atoms with Gasteiger partial charge in [0.25, 0.3) is 0 Å². The summed E-state index contributed by atoms with van der Waals surface area (Å²) in [4.78, 5) is 8.99. The summed E-state index contributed by atoms with van der Waals surface area (Å²) < 4.78 is 11.6. The van der Waals surface area contributed by atoms with E-state index in [2.05, 4.69) is 9.98 Å². The zero-order valence-corrected chi connectivity index (χ0v) is 17.1. The molecule has 30 heavy (non-hydrogen) atoms. The Morgan fingerprint density at radius 2 is 1.57 bits per heavy atom. The minimum atomic E-state index is 0.486. The minimum Gasteiger partial charge on any atom is -0.455 e. The van der Waals surface area contributed by atoms with Gasteiger partial charge in [0.05, 0.1) is 21.9 Å². The second-order valence-corrected chi connectivity index (χ2v) is 7.44.